The van der Waals surface area contributed by atoms with Gasteiger partial charge in [-0.25, -0.2) is 0 Å². The maximum absolute atomic E-state index is 12.2. The zero-order chi connectivity index (χ0) is 15.1. The van der Waals surface area contributed by atoms with Crippen molar-refractivity contribution in [1.29, 1.82) is 0 Å². The van der Waals surface area contributed by atoms with E-state index < -0.39 is 0 Å². The second-order valence-electron chi connectivity index (χ2n) is 5.19. The molecule has 1 fully saturated rings. The van der Waals surface area contributed by atoms with Gasteiger partial charge in [0.05, 0.1) is 30.6 Å². The Labute approximate surface area is 125 Å². The Balaban J connectivity index is 1.83. The molecule has 1 aromatic carbocycles. The van der Waals surface area contributed by atoms with Gasteiger partial charge in [-0.05, 0) is 31.9 Å². The lowest BCUT2D eigenvalue weighted by Gasteiger charge is -2.14. The number of nitrogens with one attached hydrogen (secondary N) is 1. The fourth-order valence-corrected chi connectivity index (χ4v) is 2.58. The number of para-hydroxylation sites is 1. The van der Waals surface area contributed by atoms with Gasteiger partial charge in [0.25, 0.3) is 5.91 Å². The average Bonchev–Trinajstić information content (AvgIpc) is 2.99. The van der Waals surface area contributed by atoms with Crippen molar-refractivity contribution >= 4 is 11.6 Å². The Kier molecular flexibility index (Phi) is 5.87. The number of anilines is 1. The maximum atomic E-state index is 12.2. The summed E-state index contributed by atoms with van der Waals surface area (Å²) in [5.74, 6) is 0.273. The van der Waals surface area contributed by atoms with Crippen molar-refractivity contribution in [3.05, 3.63) is 23.8 Å². The van der Waals surface area contributed by atoms with Crippen molar-refractivity contribution in [2.75, 3.05) is 25.5 Å². The molecule has 0 unspecified atom stereocenters. The Bertz CT molecular complexity index is 471. The normalized spacial score (nSPS) is 15.1. The van der Waals surface area contributed by atoms with Gasteiger partial charge in [0, 0.05) is 6.54 Å². The number of ether oxygens (including phenoxy) is 2. The van der Waals surface area contributed by atoms with Crippen LogP contribution in [0.4, 0.5) is 5.69 Å². The quantitative estimate of drug-likeness (QED) is 0.597. The first-order valence-corrected chi connectivity index (χ1v) is 7.63. The zero-order valence-electron chi connectivity index (χ0n) is 12.6. The molecule has 1 aliphatic carbocycles. The fourth-order valence-electron chi connectivity index (χ4n) is 2.58. The maximum Gasteiger partial charge on any atom is 0.255 e. The van der Waals surface area contributed by atoms with E-state index in [1.807, 2.05) is 6.92 Å². The van der Waals surface area contributed by atoms with Crippen molar-refractivity contribution in [3.63, 3.8) is 0 Å². The summed E-state index contributed by atoms with van der Waals surface area (Å²) in [5, 5.41) is 2.85. The summed E-state index contributed by atoms with van der Waals surface area (Å²) in [6, 6.07) is 5.20. The molecule has 0 aromatic heterocycles. The summed E-state index contributed by atoms with van der Waals surface area (Å²) < 4.78 is 11.2. The first-order valence-electron chi connectivity index (χ1n) is 7.63. The van der Waals surface area contributed by atoms with Crippen LogP contribution in [0.25, 0.3) is 0 Å². The first kappa shape index (κ1) is 15.6. The number of rotatable bonds is 7. The molecular formula is C16H24N2O3. The van der Waals surface area contributed by atoms with Crippen LogP contribution in [-0.2, 0) is 4.74 Å². The molecule has 0 radical (unpaired) electrons. The highest BCUT2D eigenvalue weighted by molar-refractivity contribution is 5.98. The SMILES string of the molecule is CCOc1c(N)cccc1C(=O)NCCOC1CCCC1. The molecular weight excluding hydrogens is 268 g/mol. The van der Waals surface area contributed by atoms with Gasteiger partial charge in [-0.1, -0.05) is 18.9 Å². The van der Waals surface area contributed by atoms with Crippen molar-refractivity contribution in [1.82, 2.24) is 5.32 Å². The first-order chi connectivity index (χ1) is 10.2. The standard InChI is InChI=1S/C16H24N2O3/c1-2-20-15-13(8-5-9-14(15)17)16(19)18-10-11-21-12-6-3-4-7-12/h5,8-9,12H,2-4,6-7,10-11,17H2,1H3,(H,18,19). The summed E-state index contributed by atoms with van der Waals surface area (Å²) in [5.41, 5.74) is 6.80. The van der Waals surface area contributed by atoms with E-state index in [2.05, 4.69) is 5.32 Å². The molecule has 2 rings (SSSR count). The van der Waals surface area contributed by atoms with Crippen LogP contribution in [0.5, 0.6) is 5.75 Å². The molecule has 3 N–H and O–H groups in total. The van der Waals surface area contributed by atoms with Gasteiger partial charge in [0.2, 0.25) is 0 Å². The lowest BCUT2D eigenvalue weighted by molar-refractivity contribution is 0.0581. The van der Waals surface area contributed by atoms with Crippen molar-refractivity contribution in [3.8, 4) is 5.75 Å². The summed E-state index contributed by atoms with van der Waals surface area (Å²) in [4.78, 5) is 12.2. The Morgan fingerprint density at radius 2 is 2.14 bits per heavy atom. The highest BCUT2D eigenvalue weighted by atomic mass is 16.5. The third-order valence-electron chi connectivity index (χ3n) is 3.62. The van der Waals surface area contributed by atoms with Crippen molar-refractivity contribution in [2.24, 2.45) is 0 Å². The molecule has 1 aromatic rings. The van der Waals surface area contributed by atoms with Gasteiger partial charge >= 0.3 is 0 Å². The summed E-state index contributed by atoms with van der Waals surface area (Å²) in [6.07, 6.45) is 5.14. The molecule has 0 aliphatic heterocycles. The van der Waals surface area contributed by atoms with Gasteiger partial charge in [-0.3, -0.25) is 4.79 Å². The second-order valence-corrected chi connectivity index (χ2v) is 5.19. The molecule has 5 nitrogen and oxygen atoms in total. The van der Waals surface area contributed by atoms with Gasteiger partial charge in [0.1, 0.15) is 0 Å². The van der Waals surface area contributed by atoms with Crippen LogP contribution in [0.1, 0.15) is 43.0 Å². The van der Waals surface area contributed by atoms with Gasteiger partial charge in [0.15, 0.2) is 5.75 Å². The number of hydrogen-bond donors (Lipinski definition) is 2. The van der Waals surface area contributed by atoms with Gasteiger partial charge in [-0.2, -0.15) is 0 Å². The van der Waals surface area contributed by atoms with Crippen LogP contribution in [0.3, 0.4) is 0 Å². The van der Waals surface area contributed by atoms with Crippen LogP contribution in [0, 0.1) is 0 Å². The highest BCUT2D eigenvalue weighted by Crippen LogP contribution is 2.26. The highest BCUT2D eigenvalue weighted by Gasteiger charge is 2.16. The van der Waals surface area contributed by atoms with Crippen LogP contribution in [0.2, 0.25) is 0 Å². The van der Waals surface area contributed by atoms with Gasteiger partial charge < -0.3 is 20.5 Å². The topological polar surface area (TPSA) is 73.6 Å². The number of nitrogen functional groups attached to an aromatic ring is 1. The molecule has 0 bridgehead atoms. The molecule has 5 heteroatoms. The lowest BCUT2D eigenvalue weighted by Crippen LogP contribution is -2.29. The van der Waals surface area contributed by atoms with Crippen LogP contribution >= 0.6 is 0 Å². The Morgan fingerprint density at radius 3 is 2.86 bits per heavy atom. The lowest BCUT2D eigenvalue weighted by atomic mass is 10.1. The smallest absolute Gasteiger partial charge is 0.255 e. The molecule has 1 aliphatic rings. The summed E-state index contributed by atoms with van der Waals surface area (Å²) in [7, 11) is 0. The van der Waals surface area contributed by atoms with E-state index in [-0.39, 0.29) is 5.91 Å². The predicted octanol–water partition coefficient (Wildman–Crippen LogP) is 2.36. The second kappa shape index (κ2) is 7.88. The van der Waals surface area contributed by atoms with E-state index in [0.29, 0.717) is 42.9 Å². The minimum absolute atomic E-state index is 0.180. The number of carbonyl (C=O) groups is 1. The van der Waals surface area contributed by atoms with Crippen LogP contribution in [0.15, 0.2) is 18.2 Å². The predicted molar refractivity (Wildman–Crippen MR) is 82.6 cm³/mol. The molecule has 1 amide bonds. The molecule has 1 saturated carbocycles. The number of carbonyl (C=O) groups excluding carboxylic acids is 1. The van der Waals surface area contributed by atoms with Crippen molar-refractivity contribution < 1.29 is 14.3 Å². The fraction of sp³-hybridized carbons (Fsp3) is 0.562. The van der Waals surface area contributed by atoms with E-state index >= 15 is 0 Å². The minimum atomic E-state index is -0.180. The number of amides is 1. The molecule has 0 saturated heterocycles. The van der Waals surface area contributed by atoms with E-state index in [4.69, 9.17) is 15.2 Å². The summed E-state index contributed by atoms with van der Waals surface area (Å²) >= 11 is 0. The monoisotopic (exact) mass is 292 g/mol. The largest absolute Gasteiger partial charge is 0.491 e. The van der Waals surface area contributed by atoms with E-state index in [1.54, 1.807) is 18.2 Å². The van der Waals surface area contributed by atoms with E-state index in [9.17, 15) is 4.79 Å². The Morgan fingerprint density at radius 1 is 1.38 bits per heavy atom. The van der Waals surface area contributed by atoms with Crippen LogP contribution in [-0.4, -0.2) is 31.8 Å². The molecule has 0 heterocycles. The molecule has 21 heavy (non-hydrogen) atoms. The number of benzene rings is 1. The minimum Gasteiger partial charge on any atom is -0.491 e. The summed E-state index contributed by atoms with van der Waals surface area (Å²) in [6.45, 7) is 3.38. The van der Waals surface area contributed by atoms with E-state index in [1.165, 1.54) is 12.8 Å². The van der Waals surface area contributed by atoms with Gasteiger partial charge in [-0.15, -0.1) is 0 Å². The Hall–Kier alpha value is -1.75. The molecule has 0 spiro atoms. The third-order valence-corrected chi connectivity index (χ3v) is 3.62. The molecule has 0 atom stereocenters. The number of hydrogen-bond acceptors (Lipinski definition) is 4. The molecule has 116 valence electrons. The van der Waals surface area contributed by atoms with E-state index in [0.717, 1.165) is 12.8 Å². The third kappa shape index (κ3) is 4.36. The number of nitrogens with two attached hydrogens (primary N) is 1. The van der Waals surface area contributed by atoms with Crippen LogP contribution < -0.4 is 15.8 Å². The zero-order valence-corrected chi connectivity index (χ0v) is 12.6. The average molecular weight is 292 g/mol. The van der Waals surface area contributed by atoms with Crippen molar-refractivity contribution in [2.45, 2.75) is 38.7 Å².